The van der Waals surface area contributed by atoms with Gasteiger partial charge in [0.2, 0.25) is 0 Å². The van der Waals surface area contributed by atoms with E-state index < -0.39 is 0 Å². The van der Waals surface area contributed by atoms with Crippen LogP contribution in [0.1, 0.15) is 52.0 Å². The van der Waals surface area contributed by atoms with E-state index in [1.807, 2.05) is 0 Å². The van der Waals surface area contributed by atoms with Gasteiger partial charge in [0, 0.05) is 11.7 Å². The summed E-state index contributed by atoms with van der Waals surface area (Å²) in [6, 6.07) is 9.39. The molecular weight excluding hydrogens is 256 g/mol. The summed E-state index contributed by atoms with van der Waals surface area (Å²) in [6.45, 7) is 10.7. The van der Waals surface area contributed by atoms with Crippen molar-refractivity contribution in [2.45, 2.75) is 58.9 Å². The van der Waals surface area contributed by atoms with E-state index in [0.29, 0.717) is 6.04 Å². The van der Waals surface area contributed by atoms with Gasteiger partial charge in [-0.1, -0.05) is 38.5 Å². The maximum absolute atomic E-state index is 3.79. The first-order valence-electron chi connectivity index (χ1n) is 8.81. The van der Waals surface area contributed by atoms with Crippen molar-refractivity contribution in [1.82, 2.24) is 4.90 Å². The van der Waals surface area contributed by atoms with Crippen LogP contribution in [0.25, 0.3) is 0 Å². The highest BCUT2D eigenvalue weighted by Crippen LogP contribution is 2.25. The molecule has 1 heterocycles. The molecule has 1 aliphatic rings. The fourth-order valence-electron chi connectivity index (χ4n) is 3.50. The average molecular weight is 288 g/mol. The quantitative estimate of drug-likeness (QED) is 0.791. The first-order chi connectivity index (χ1) is 10.2. The SMILES string of the molecule is CCCc1ccccc1NC(C)C1CCN(CCC)CC1. The first-order valence-corrected chi connectivity index (χ1v) is 8.81. The predicted octanol–water partition coefficient (Wildman–Crippen LogP) is 4.56. The molecule has 0 bridgehead atoms. The third-order valence-electron chi connectivity index (χ3n) is 4.80. The summed E-state index contributed by atoms with van der Waals surface area (Å²) in [6.07, 6.45) is 6.34. The Bertz CT molecular complexity index is 408. The number of anilines is 1. The minimum atomic E-state index is 0.576. The highest BCUT2D eigenvalue weighted by atomic mass is 15.1. The Kier molecular flexibility index (Phi) is 6.56. The number of aryl methyl sites for hydroxylation is 1. The standard InChI is InChI=1S/C19H32N2/c1-4-8-18-9-6-7-10-19(18)20-16(3)17-11-14-21(13-5-2)15-12-17/h6-7,9-10,16-17,20H,4-5,8,11-15H2,1-3H3. The summed E-state index contributed by atoms with van der Waals surface area (Å²) in [5.74, 6) is 0.813. The van der Waals surface area contributed by atoms with Gasteiger partial charge >= 0.3 is 0 Å². The minimum absolute atomic E-state index is 0.576. The smallest absolute Gasteiger partial charge is 0.0374 e. The van der Waals surface area contributed by atoms with Crippen LogP contribution in [0.2, 0.25) is 0 Å². The Morgan fingerprint density at radius 3 is 2.52 bits per heavy atom. The zero-order valence-corrected chi connectivity index (χ0v) is 14.1. The third kappa shape index (κ3) is 4.74. The molecule has 2 heteroatoms. The van der Waals surface area contributed by atoms with E-state index in [2.05, 4.69) is 55.3 Å². The largest absolute Gasteiger partial charge is 0.382 e. The lowest BCUT2D eigenvalue weighted by atomic mass is 9.90. The Labute approximate surface area is 130 Å². The molecule has 0 radical (unpaired) electrons. The number of benzene rings is 1. The van der Waals surface area contributed by atoms with E-state index in [4.69, 9.17) is 0 Å². The molecule has 1 N–H and O–H groups in total. The minimum Gasteiger partial charge on any atom is -0.382 e. The summed E-state index contributed by atoms with van der Waals surface area (Å²) < 4.78 is 0. The Hall–Kier alpha value is -1.02. The van der Waals surface area contributed by atoms with Crippen molar-refractivity contribution >= 4 is 5.69 Å². The van der Waals surface area contributed by atoms with Gasteiger partial charge < -0.3 is 10.2 Å². The molecule has 0 spiro atoms. The molecule has 1 fully saturated rings. The fourth-order valence-corrected chi connectivity index (χ4v) is 3.50. The van der Waals surface area contributed by atoms with Crippen molar-refractivity contribution in [2.75, 3.05) is 25.0 Å². The van der Waals surface area contributed by atoms with Gasteiger partial charge in [0.1, 0.15) is 0 Å². The van der Waals surface area contributed by atoms with Crippen LogP contribution in [-0.2, 0) is 6.42 Å². The van der Waals surface area contributed by atoms with Gasteiger partial charge in [0.05, 0.1) is 0 Å². The first kappa shape index (κ1) is 16.4. The van der Waals surface area contributed by atoms with Gasteiger partial charge in [-0.3, -0.25) is 0 Å². The molecule has 21 heavy (non-hydrogen) atoms. The lowest BCUT2D eigenvalue weighted by Gasteiger charge is -2.35. The molecule has 1 aliphatic heterocycles. The van der Waals surface area contributed by atoms with Crippen molar-refractivity contribution in [3.8, 4) is 0 Å². The number of rotatable bonds is 7. The molecule has 2 nitrogen and oxygen atoms in total. The van der Waals surface area contributed by atoms with Crippen molar-refractivity contribution in [3.63, 3.8) is 0 Å². The van der Waals surface area contributed by atoms with Gasteiger partial charge in [-0.2, -0.15) is 0 Å². The number of piperidine rings is 1. The molecular formula is C19H32N2. The number of hydrogen-bond acceptors (Lipinski definition) is 2. The van der Waals surface area contributed by atoms with E-state index in [1.54, 1.807) is 0 Å². The van der Waals surface area contributed by atoms with Gasteiger partial charge in [0.15, 0.2) is 0 Å². The van der Waals surface area contributed by atoms with Crippen LogP contribution < -0.4 is 5.32 Å². The molecule has 0 aliphatic carbocycles. The molecule has 1 aromatic rings. The highest BCUT2D eigenvalue weighted by molar-refractivity contribution is 5.51. The summed E-state index contributed by atoms with van der Waals surface area (Å²) in [7, 11) is 0. The molecule has 118 valence electrons. The molecule has 0 amide bonds. The van der Waals surface area contributed by atoms with E-state index in [9.17, 15) is 0 Å². The van der Waals surface area contributed by atoms with E-state index in [0.717, 1.165) is 5.92 Å². The fraction of sp³-hybridized carbons (Fsp3) is 0.684. The predicted molar refractivity (Wildman–Crippen MR) is 93.0 cm³/mol. The van der Waals surface area contributed by atoms with Gasteiger partial charge in [-0.05, 0) is 69.8 Å². The number of nitrogens with one attached hydrogen (secondary N) is 1. The highest BCUT2D eigenvalue weighted by Gasteiger charge is 2.23. The van der Waals surface area contributed by atoms with Crippen LogP contribution in [0.3, 0.4) is 0 Å². The zero-order chi connectivity index (χ0) is 15.1. The molecule has 0 saturated carbocycles. The summed E-state index contributed by atoms with van der Waals surface area (Å²) in [5.41, 5.74) is 2.82. The molecule has 2 rings (SSSR count). The van der Waals surface area contributed by atoms with E-state index in [1.165, 1.54) is 63.0 Å². The lowest BCUT2D eigenvalue weighted by molar-refractivity contribution is 0.176. The van der Waals surface area contributed by atoms with E-state index in [-0.39, 0.29) is 0 Å². The average Bonchev–Trinajstić information content (AvgIpc) is 2.50. The van der Waals surface area contributed by atoms with Crippen LogP contribution in [0.5, 0.6) is 0 Å². The second-order valence-corrected chi connectivity index (χ2v) is 6.52. The van der Waals surface area contributed by atoms with Crippen molar-refractivity contribution < 1.29 is 0 Å². The Morgan fingerprint density at radius 1 is 1.14 bits per heavy atom. The number of para-hydroxylation sites is 1. The summed E-state index contributed by atoms with van der Waals surface area (Å²) in [5, 5.41) is 3.79. The van der Waals surface area contributed by atoms with Crippen molar-refractivity contribution in [1.29, 1.82) is 0 Å². The number of likely N-dealkylation sites (tertiary alicyclic amines) is 1. The van der Waals surface area contributed by atoms with Crippen LogP contribution in [-0.4, -0.2) is 30.6 Å². The monoisotopic (exact) mass is 288 g/mol. The van der Waals surface area contributed by atoms with Crippen molar-refractivity contribution in [2.24, 2.45) is 5.92 Å². The topological polar surface area (TPSA) is 15.3 Å². The summed E-state index contributed by atoms with van der Waals surface area (Å²) in [4.78, 5) is 2.62. The Morgan fingerprint density at radius 2 is 1.86 bits per heavy atom. The van der Waals surface area contributed by atoms with Crippen LogP contribution in [0.4, 0.5) is 5.69 Å². The molecule has 1 aromatic carbocycles. The lowest BCUT2D eigenvalue weighted by Crippen LogP contribution is -2.39. The molecule has 0 aromatic heterocycles. The number of hydrogen-bond donors (Lipinski definition) is 1. The van der Waals surface area contributed by atoms with E-state index >= 15 is 0 Å². The van der Waals surface area contributed by atoms with Crippen LogP contribution in [0.15, 0.2) is 24.3 Å². The molecule has 1 unspecified atom stereocenters. The van der Waals surface area contributed by atoms with Gasteiger partial charge in [-0.25, -0.2) is 0 Å². The van der Waals surface area contributed by atoms with Gasteiger partial charge in [-0.15, -0.1) is 0 Å². The molecule has 1 saturated heterocycles. The number of nitrogens with zero attached hydrogens (tertiary/aromatic N) is 1. The normalized spacial score (nSPS) is 18.6. The second-order valence-electron chi connectivity index (χ2n) is 6.52. The third-order valence-corrected chi connectivity index (χ3v) is 4.80. The second kappa shape index (κ2) is 8.43. The maximum atomic E-state index is 3.79. The van der Waals surface area contributed by atoms with Gasteiger partial charge in [0.25, 0.3) is 0 Å². The van der Waals surface area contributed by atoms with Crippen LogP contribution >= 0.6 is 0 Å². The van der Waals surface area contributed by atoms with Crippen LogP contribution in [0, 0.1) is 5.92 Å². The zero-order valence-electron chi connectivity index (χ0n) is 14.1. The van der Waals surface area contributed by atoms with Crippen molar-refractivity contribution in [3.05, 3.63) is 29.8 Å². The molecule has 1 atom stereocenters. The summed E-state index contributed by atoms with van der Waals surface area (Å²) >= 11 is 0. The Balaban J connectivity index is 1.89. The maximum Gasteiger partial charge on any atom is 0.0374 e.